The summed E-state index contributed by atoms with van der Waals surface area (Å²) in [5, 5.41) is 0.664. The third-order valence-electron chi connectivity index (χ3n) is 2.72. The molecule has 0 fully saturated rings. The Kier molecular flexibility index (Phi) is 6.21. The summed E-state index contributed by atoms with van der Waals surface area (Å²) in [6.07, 6.45) is 0.250. The topological polar surface area (TPSA) is 46.6 Å². The number of carbonyl (C=O) groups is 2. The van der Waals surface area contributed by atoms with Crippen LogP contribution in [-0.2, 0) is 20.9 Å². The maximum atomic E-state index is 12.0. The SMILES string of the molecule is CN(Cc1ccc(Cl)cc1)C(=O)CCC(=O)OC(C)(C)C. The van der Waals surface area contributed by atoms with Crippen LogP contribution in [0, 0.1) is 0 Å². The van der Waals surface area contributed by atoms with Gasteiger partial charge in [0.1, 0.15) is 5.60 Å². The Morgan fingerprint density at radius 3 is 2.24 bits per heavy atom. The van der Waals surface area contributed by atoms with E-state index in [4.69, 9.17) is 16.3 Å². The molecule has 0 aromatic heterocycles. The summed E-state index contributed by atoms with van der Waals surface area (Å²) in [7, 11) is 1.71. The number of esters is 1. The monoisotopic (exact) mass is 311 g/mol. The number of rotatable bonds is 5. The highest BCUT2D eigenvalue weighted by molar-refractivity contribution is 6.30. The van der Waals surface area contributed by atoms with Gasteiger partial charge in [-0.2, -0.15) is 0 Å². The Morgan fingerprint density at radius 2 is 1.71 bits per heavy atom. The van der Waals surface area contributed by atoms with Crippen LogP contribution < -0.4 is 0 Å². The molecule has 5 heteroatoms. The van der Waals surface area contributed by atoms with Crippen LogP contribution in [0.5, 0.6) is 0 Å². The van der Waals surface area contributed by atoms with Gasteiger partial charge in [-0.25, -0.2) is 0 Å². The van der Waals surface area contributed by atoms with Crippen LogP contribution in [0.25, 0.3) is 0 Å². The maximum absolute atomic E-state index is 12.0. The average Bonchev–Trinajstić information content (AvgIpc) is 2.36. The smallest absolute Gasteiger partial charge is 0.306 e. The molecule has 0 heterocycles. The molecular weight excluding hydrogens is 290 g/mol. The van der Waals surface area contributed by atoms with E-state index in [0.29, 0.717) is 11.6 Å². The number of carbonyl (C=O) groups excluding carboxylic acids is 2. The highest BCUT2D eigenvalue weighted by Crippen LogP contribution is 2.12. The molecular formula is C16H22ClNO3. The molecule has 0 saturated heterocycles. The van der Waals surface area contributed by atoms with Gasteiger partial charge in [0.15, 0.2) is 0 Å². The summed E-state index contributed by atoms with van der Waals surface area (Å²) in [5.41, 5.74) is 0.475. The molecule has 0 aliphatic heterocycles. The summed E-state index contributed by atoms with van der Waals surface area (Å²) in [6, 6.07) is 7.33. The molecule has 21 heavy (non-hydrogen) atoms. The molecule has 1 rings (SSSR count). The highest BCUT2D eigenvalue weighted by Gasteiger charge is 2.18. The number of amides is 1. The number of halogens is 1. The predicted molar refractivity (Wildman–Crippen MR) is 83.0 cm³/mol. The van der Waals surface area contributed by atoms with Crippen molar-refractivity contribution < 1.29 is 14.3 Å². The Morgan fingerprint density at radius 1 is 1.14 bits per heavy atom. The van der Waals surface area contributed by atoms with E-state index in [1.807, 2.05) is 12.1 Å². The van der Waals surface area contributed by atoms with Crippen molar-refractivity contribution in [2.24, 2.45) is 0 Å². The summed E-state index contributed by atoms with van der Waals surface area (Å²) < 4.78 is 5.17. The van der Waals surface area contributed by atoms with Crippen LogP contribution in [-0.4, -0.2) is 29.4 Å². The molecule has 0 spiro atoms. The van der Waals surface area contributed by atoms with Gasteiger partial charge in [-0.1, -0.05) is 23.7 Å². The second kappa shape index (κ2) is 7.46. The predicted octanol–water partition coefficient (Wildman–Crippen LogP) is 3.42. The van der Waals surface area contributed by atoms with Gasteiger partial charge in [-0.3, -0.25) is 9.59 Å². The Balaban J connectivity index is 2.41. The lowest BCUT2D eigenvalue weighted by Crippen LogP contribution is -2.28. The minimum absolute atomic E-state index is 0.0872. The third-order valence-corrected chi connectivity index (χ3v) is 2.97. The zero-order chi connectivity index (χ0) is 16.0. The molecule has 4 nitrogen and oxygen atoms in total. The first-order valence-corrected chi connectivity index (χ1v) is 7.25. The Bertz CT molecular complexity index is 491. The van der Waals surface area contributed by atoms with E-state index in [9.17, 15) is 9.59 Å². The van der Waals surface area contributed by atoms with Gasteiger partial charge in [-0.05, 0) is 38.5 Å². The number of ether oxygens (including phenoxy) is 1. The highest BCUT2D eigenvalue weighted by atomic mass is 35.5. The first-order valence-electron chi connectivity index (χ1n) is 6.87. The first-order chi connectivity index (χ1) is 9.67. The number of nitrogens with zero attached hydrogens (tertiary/aromatic N) is 1. The molecule has 0 atom stereocenters. The first kappa shape index (κ1) is 17.5. The Hall–Kier alpha value is -1.55. The van der Waals surface area contributed by atoms with Gasteiger partial charge >= 0.3 is 5.97 Å². The van der Waals surface area contributed by atoms with Crippen LogP contribution in [0.2, 0.25) is 5.02 Å². The fraction of sp³-hybridized carbons (Fsp3) is 0.500. The molecule has 1 aromatic rings. The zero-order valence-corrected chi connectivity index (χ0v) is 13.7. The second-order valence-corrected chi connectivity index (χ2v) is 6.40. The molecule has 0 aliphatic rings. The van der Waals surface area contributed by atoms with Crippen molar-refractivity contribution in [1.82, 2.24) is 4.90 Å². The fourth-order valence-corrected chi connectivity index (χ4v) is 1.87. The van der Waals surface area contributed by atoms with E-state index in [2.05, 4.69) is 0 Å². The normalized spacial score (nSPS) is 11.1. The van der Waals surface area contributed by atoms with Crippen molar-refractivity contribution in [2.75, 3.05) is 7.05 Å². The van der Waals surface area contributed by atoms with E-state index in [-0.39, 0.29) is 24.7 Å². The molecule has 0 bridgehead atoms. The van der Waals surface area contributed by atoms with Gasteiger partial charge in [0, 0.05) is 25.0 Å². The molecule has 0 N–H and O–H groups in total. The fourth-order valence-electron chi connectivity index (χ4n) is 1.74. The molecule has 0 unspecified atom stereocenters. The van der Waals surface area contributed by atoms with Crippen LogP contribution in [0.4, 0.5) is 0 Å². The van der Waals surface area contributed by atoms with Crippen LogP contribution in [0.3, 0.4) is 0 Å². The van der Waals surface area contributed by atoms with Crippen molar-refractivity contribution in [3.8, 4) is 0 Å². The summed E-state index contributed by atoms with van der Waals surface area (Å²) in [4.78, 5) is 25.1. The minimum Gasteiger partial charge on any atom is -0.460 e. The average molecular weight is 312 g/mol. The lowest BCUT2D eigenvalue weighted by molar-refractivity contribution is -0.156. The molecule has 0 saturated carbocycles. The summed E-state index contributed by atoms with van der Waals surface area (Å²) in [6.45, 7) is 5.91. The van der Waals surface area contributed by atoms with E-state index in [1.165, 1.54) is 0 Å². The van der Waals surface area contributed by atoms with Crippen molar-refractivity contribution in [3.05, 3.63) is 34.9 Å². The van der Waals surface area contributed by atoms with Crippen LogP contribution in [0.15, 0.2) is 24.3 Å². The third kappa shape index (κ3) is 7.14. The van der Waals surface area contributed by atoms with Crippen molar-refractivity contribution in [2.45, 2.75) is 45.8 Å². The molecule has 0 radical (unpaired) electrons. The molecule has 1 aromatic carbocycles. The minimum atomic E-state index is -0.519. The largest absolute Gasteiger partial charge is 0.460 e. The van der Waals surface area contributed by atoms with Crippen molar-refractivity contribution in [1.29, 1.82) is 0 Å². The standard InChI is InChI=1S/C16H22ClNO3/c1-16(2,3)21-15(20)10-9-14(19)18(4)11-12-5-7-13(17)8-6-12/h5-8H,9-11H2,1-4H3. The zero-order valence-electron chi connectivity index (χ0n) is 13.0. The van der Waals surface area contributed by atoms with E-state index in [0.717, 1.165) is 5.56 Å². The number of benzene rings is 1. The molecule has 0 aliphatic carbocycles. The van der Waals surface area contributed by atoms with E-state index < -0.39 is 5.60 Å². The van der Waals surface area contributed by atoms with Gasteiger partial charge in [0.05, 0.1) is 6.42 Å². The van der Waals surface area contributed by atoms with Crippen molar-refractivity contribution >= 4 is 23.5 Å². The van der Waals surface area contributed by atoms with Gasteiger partial charge in [-0.15, -0.1) is 0 Å². The molecule has 116 valence electrons. The Labute approximate surface area is 131 Å². The quantitative estimate of drug-likeness (QED) is 0.783. The lowest BCUT2D eigenvalue weighted by Gasteiger charge is -2.20. The van der Waals surface area contributed by atoms with Gasteiger partial charge < -0.3 is 9.64 Å². The summed E-state index contributed by atoms with van der Waals surface area (Å²) >= 11 is 5.82. The maximum Gasteiger partial charge on any atom is 0.306 e. The lowest BCUT2D eigenvalue weighted by atomic mass is 10.2. The van der Waals surface area contributed by atoms with Gasteiger partial charge in [0.2, 0.25) is 5.91 Å². The number of hydrogen-bond acceptors (Lipinski definition) is 3. The second-order valence-electron chi connectivity index (χ2n) is 5.96. The summed E-state index contributed by atoms with van der Waals surface area (Å²) in [5.74, 6) is -0.438. The van der Waals surface area contributed by atoms with E-state index >= 15 is 0 Å². The van der Waals surface area contributed by atoms with Crippen LogP contribution >= 0.6 is 11.6 Å². The van der Waals surface area contributed by atoms with E-state index in [1.54, 1.807) is 44.9 Å². The van der Waals surface area contributed by atoms with Crippen molar-refractivity contribution in [3.63, 3.8) is 0 Å². The van der Waals surface area contributed by atoms with Crippen LogP contribution in [0.1, 0.15) is 39.2 Å². The number of hydrogen-bond donors (Lipinski definition) is 0. The molecule has 1 amide bonds. The van der Waals surface area contributed by atoms with Gasteiger partial charge in [0.25, 0.3) is 0 Å².